The highest BCUT2D eigenvalue weighted by Gasteiger charge is 2.26. The van der Waals surface area contributed by atoms with Crippen LogP contribution in [0.25, 0.3) is 10.9 Å². The Morgan fingerprint density at radius 2 is 2.03 bits per heavy atom. The van der Waals surface area contributed by atoms with Crippen LogP contribution in [0.15, 0.2) is 41.3 Å². The minimum atomic E-state index is -0.408. The fourth-order valence-corrected chi connectivity index (χ4v) is 3.98. The number of carbonyl (C=O) groups is 1. The zero-order chi connectivity index (χ0) is 21.3. The summed E-state index contributed by atoms with van der Waals surface area (Å²) in [4.78, 5) is 36.0. The van der Waals surface area contributed by atoms with E-state index in [9.17, 15) is 14.0 Å². The van der Waals surface area contributed by atoms with Gasteiger partial charge < -0.3 is 9.64 Å². The van der Waals surface area contributed by atoms with Gasteiger partial charge in [-0.05, 0) is 49.9 Å². The Hall–Kier alpha value is -3.29. The van der Waals surface area contributed by atoms with Gasteiger partial charge in [-0.25, -0.2) is 14.4 Å². The van der Waals surface area contributed by atoms with E-state index in [2.05, 4.69) is 9.97 Å². The van der Waals surface area contributed by atoms with Crippen molar-refractivity contribution in [2.45, 2.75) is 26.3 Å². The highest BCUT2D eigenvalue weighted by Crippen LogP contribution is 2.23. The molecule has 156 valence electrons. The number of piperidine rings is 1. The molecular formula is C22H23FN4O3. The first-order chi connectivity index (χ1) is 14.5. The van der Waals surface area contributed by atoms with E-state index in [1.807, 2.05) is 0 Å². The van der Waals surface area contributed by atoms with Gasteiger partial charge in [-0.3, -0.25) is 14.2 Å². The van der Waals surface area contributed by atoms with Crippen molar-refractivity contribution < 1.29 is 13.9 Å². The number of rotatable bonds is 4. The Labute approximate surface area is 173 Å². The van der Waals surface area contributed by atoms with Crippen LogP contribution >= 0.6 is 0 Å². The predicted molar refractivity (Wildman–Crippen MR) is 110 cm³/mol. The number of nitrogens with zero attached hydrogens (tertiary/aromatic N) is 4. The molecule has 1 fully saturated rings. The summed E-state index contributed by atoms with van der Waals surface area (Å²) < 4.78 is 20.3. The second kappa shape index (κ2) is 8.22. The van der Waals surface area contributed by atoms with Crippen molar-refractivity contribution in [3.05, 3.63) is 64.1 Å². The topological polar surface area (TPSA) is 77.3 Å². The molecule has 0 atom stereocenters. The van der Waals surface area contributed by atoms with Crippen LogP contribution in [-0.2, 0) is 6.54 Å². The lowest BCUT2D eigenvalue weighted by Gasteiger charge is -2.32. The zero-order valence-corrected chi connectivity index (χ0v) is 17.0. The molecular weight excluding hydrogens is 387 g/mol. The maximum Gasteiger partial charge on any atom is 0.261 e. The molecule has 0 radical (unpaired) electrons. The quantitative estimate of drug-likeness (QED) is 0.661. The lowest BCUT2D eigenvalue weighted by Crippen LogP contribution is -2.40. The van der Waals surface area contributed by atoms with Crippen LogP contribution in [-0.4, -0.2) is 45.5 Å². The van der Waals surface area contributed by atoms with Crippen LogP contribution in [0.1, 0.15) is 29.0 Å². The highest BCUT2D eigenvalue weighted by molar-refractivity contribution is 5.96. The molecule has 1 amide bonds. The minimum Gasteiger partial charge on any atom is -0.480 e. The summed E-state index contributed by atoms with van der Waals surface area (Å²) >= 11 is 0. The van der Waals surface area contributed by atoms with Gasteiger partial charge in [-0.1, -0.05) is 0 Å². The van der Waals surface area contributed by atoms with Gasteiger partial charge in [-0.15, -0.1) is 0 Å². The lowest BCUT2D eigenvalue weighted by atomic mass is 9.96. The molecule has 1 aliphatic rings. The number of likely N-dealkylation sites (tertiary alicyclic amines) is 1. The maximum atomic E-state index is 13.5. The van der Waals surface area contributed by atoms with Crippen molar-refractivity contribution in [2.24, 2.45) is 5.92 Å². The van der Waals surface area contributed by atoms with E-state index in [0.29, 0.717) is 47.8 Å². The summed E-state index contributed by atoms with van der Waals surface area (Å²) in [5.74, 6) is 0.637. The molecule has 1 saturated heterocycles. The Kier molecular flexibility index (Phi) is 5.48. The Morgan fingerprint density at radius 1 is 1.27 bits per heavy atom. The number of pyridine rings is 1. The fraction of sp³-hybridized carbons (Fsp3) is 0.364. The Bertz CT molecular complexity index is 1150. The van der Waals surface area contributed by atoms with E-state index in [-0.39, 0.29) is 17.4 Å². The number of carbonyl (C=O) groups excluding carboxylic acids is 1. The third-order valence-electron chi connectivity index (χ3n) is 5.65. The number of ether oxygens (including phenoxy) is 1. The molecule has 30 heavy (non-hydrogen) atoms. The minimum absolute atomic E-state index is 0.0962. The average molecular weight is 410 g/mol. The van der Waals surface area contributed by atoms with Gasteiger partial charge >= 0.3 is 0 Å². The summed E-state index contributed by atoms with van der Waals surface area (Å²) in [5.41, 5.74) is 0.673. The highest BCUT2D eigenvalue weighted by atomic mass is 19.1. The van der Waals surface area contributed by atoms with E-state index < -0.39 is 5.82 Å². The van der Waals surface area contributed by atoms with E-state index in [0.717, 1.165) is 12.8 Å². The number of benzene rings is 1. The molecule has 0 N–H and O–H groups in total. The molecule has 1 aromatic carbocycles. The SMILES string of the molecule is COc1ncccc1C(=O)N1CCC(Cn2c(C)nc3cc(F)ccc3c2=O)CC1. The number of hydrogen-bond acceptors (Lipinski definition) is 5. The molecule has 0 bridgehead atoms. The van der Waals surface area contributed by atoms with Gasteiger partial charge in [0.15, 0.2) is 0 Å². The van der Waals surface area contributed by atoms with Crippen LogP contribution < -0.4 is 10.3 Å². The van der Waals surface area contributed by atoms with Gasteiger partial charge in [0, 0.05) is 31.9 Å². The van der Waals surface area contributed by atoms with E-state index >= 15 is 0 Å². The van der Waals surface area contributed by atoms with Crippen molar-refractivity contribution in [3.63, 3.8) is 0 Å². The molecule has 8 heteroatoms. The number of halogens is 1. The second-order valence-electron chi connectivity index (χ2n) is 7.53. The van der Waals surface area contributed by atoms with Crippen molar-refractivity contribution in [1.29, 1.82) is 0 Å². The summed E-state index contributed by atoms with van der Waals surface area (Å²) in [5, 5.41) is 0.415. The molecule has 3 aromatic rings. The number of aromatic nitrogens is 3. The fourth-order valence-electron chi connectivity index (χ4n) is 3.98. The first-order valence-electron chi connectivity index (χ1n) is 9.93. The maximum absolute atomic E-state index is 13.5. The predicted octanol–water partition coefficient (Wildman–Crippen LogP) is 2.80. The smallest absolute Gasteiger partial charge is 0.261 e. The number of methoxy groups -OCH3 is 1. The van der Waals surface area contributed by atoms with Gasteiger partial charge in [-0.2, -0.15) is 0 Å². The molecule has 0 saturated carbocycles. The molecule has 4 rings (SSSR count). The first-order valence-corrected chi connectivity index (χ1v) is 9.93. The molecule has 0 unspecified atom stereocenters. The van der Waals surface area contributed by atoms with E-state index in [1.54, 1.807) is 34.7 Å². The van der Waals surface area contributed by atoms with Gasteiger partial charge in [0.25, 0.3) is 11.5 Å². The first kappa shape index (κ1) is 20.0. The summed E-state index contributed by atoms with van der Waals surface area (Å²) in [6.07, 6.45) is 3.15. The second-order valence-corrected chi connectivity index (χ2v) is 7.53. The zero-order valence-electron chi connectivity index (χ0n) is 17.0. The normalized spacial score (nSPS) is 14.8. The molecule has 0 aliphatic carbocycles. The van der Waals surface area contributed by atoms with Crippen LogP contribution in [0.4, 0.5) is 4.39 Å². The third-order valence-corrected chi connectivity index (χ3v) is 5.65. The number of amides is 1. The van der Waals surface area contributed by atoms with Crippen LogP contribution in [0.3, 0.4) is 0 Å². The lowest BCUT2D eigenvalue weighted by molar-refractivity contribution is 0.0677. The standard InChI is InChI=1S/C22H23FN4O3/c1-14-25-19-12-16(23)5-6-17(19)22(29)27(14)13-15-7-10-26(11-8-15)21(28)18-4-3-9-24-20(18)30-2/h3-6,9,12,15H,7-8,10-11,13H2,1-2H3. The summed E-state index contributed by atoms with van der Waals surface area (Å²) in [6, 6.07) is 7.48. The van der Waals surface area contributed by atoms with Crippen LogP contribution in [0.2, 0.25) is 0 Å². The number of aryl methyl sites for hydroxylation is 1. The van der Waals surface area contributed by atoms with Gasteiger partial charge in [0.1, 0.15) is 17.2 Å². The Balaban J connectivity index is 1.47. The Morgan fingerprint density at radius 3 is 2.77 bits per heavy atom. The van der Waals surface area contributed by atoms with Crippen molar-refractivity contribution in [2.75, 3.05) is 20.2 Å². The summed E-state index contributed by atoms with van der Waals surface area (Å²) in [6.45, 7) is 3.49. The largest absolute Gasteiger partial charge is 0.480 e. The third kappa shape index (κ3) is 3.77. The van der Waals surface area contributed by atoms with E-state index in [4.69, 9.17) is 4.74 Å². The average Bonchev–Trinajstić information content (AvgIpc) is 2.76. The van der Waals surface area contributed by atoms with Crippen LogP contribution in [0.5, 0.6) is 5.88 Å². The molecule has 2 aromatic heterocycles. The van der Waals surface area contributed by atoms with Crippen molar-refractivity contribution in [3.8, 4) is 5.88 Å². The van der Waals surface area contributed by atoms with Gasteiger partial charge in [0.2, 0.25) is 5.88 Å². The molecule has 1 aliphatic heterocycles. The van der Waals surface area contributed by atoms with Gasteiger partial charge in [0.05, 0.1) is 18.0 Å². The van der Waals surface area contributed by atoms with E-state index in [1.165, 1.54) is 25.3 Å². The molecule has 7 nitrogen and oxygen atoms in total. The summed E-state index contributed by atoms with van der Waals surface area (Å²) in [7, 11) is 1.50. The molecule has 3 heterocycles. The number of fused-ring (bicyclic) bond motifs is 1. The monoisotopic (exact) mass is 410 g/mol. The van der Waals surface area contributed by atoms with Crippen molar-refractivity contribution >= 4 is 16.8 Å². The number of hydrogen-bond donors (Lipinski definition) is 0. The van der Waals surface area contributed by atoms with Crippen molar-refractivity contribution in [1.82, 2.24) is 19.4 Å². The van der Waals surface area contributed by atoms with Crippen LogP contribution in [0, 0.1) is 18.7 Å². The molecule has 0 spiro atoms.